The van der Waals surface area contributed by atoms with Crippen LogP contribution in [0.2, 0.25) is 0 Å². The molecule has 9 heteroatoms. The van der Waals surface area contributed by atoms with Gasteiger partial charge in [-0.25, -0.2) is 0 Å². The Labute approximate surface area is 209 Å². The predicted octanol–water partition coefficient (Wildman–Crippen LogP) is 6.47. The Morgan fingerprint density at radius 1 is 1.17 bits per heavy atom. The Hall–Kier alpha value is -0.950. The first-order valence-corrected chi connectivity index (χ1v) is 12.3. The molecule has 1 heterocycles. The van der Waals surface area contributed by atoms with Gasteiger partial charge in [0.1, 0.15) is 13.6 Å². The van der Waals surface area contributed by atoms with Crippen molar-refractivity contribution in [1.82, 2.24) is 4.98 Å². The molecule has 3 rings (SSSR count). The second kappa shape index (κ2) is 8.89. The molecule has 1 fully saturated rings. The van der Waals surface area contributed by atoms with E-state index in [0.29, 0.717) is 11.4 Å². The number of nitrogens with zero attached hydrogens (tertiary/aromatic N) is 2. The molecule has 30 heavy (non-hydrogen) atoms. The zero-order valence-corrected chi connectivity index (χ0v) is 22.4. The molecule has 0 saturated heterocycles. The lowest BCUT2D eigenvalue weighted by molar-refractivity contribution is -0.171. The zero-order valence-electron chi connectivity index (χ0n) is 16.1. The molecule has 0 amide bonds. The molecule has 1 aromatic heterocycles. The Morgan fingerprint density at radius 2 is 1.80 bits per heavy atom. The number of ether oxygens (including phenoxy) is 2. The molecule has 2 aromatic rings. The minimum Gasteiger partial charge on any atom is -0.449 e. The maximum absolute atomic E-state index is 13.4. The van der Waals surface area contributed by atoms with Gasteiger partial charge in [0.25, 0.3) is 6.29 Å². The van der Waals surface area contributed by atoms with Crippen LogP contribution in [0.4, 0.5) is 0 Å². The van der Waals surface area contributed by atoms with Crippen LogP contribution in [0.3, 0.4) is 0 Å². The Morgan fingerprint density at radius 3 is 2.33 bits per heavy atom. The highest BCUT2D eigenvalue weighted by atomic mass is 80.0. The first-order valence-electron chi connectivity index (χ1n) is 9.01. The third-order valence-corrected chi connectivity index (χ3v) is 9.95. The van der Waals surface area contributed by atoms with Gasteiger partial charge >= 0.3 is 5.97 Å². The minimum atomic E-state index is -1.35. The SMILES string of the molecule is CC1(C)C([C@H](Br)C(Br)(Br)Br)C1(C#N)C(=O)OC(Oc1ccccc1)c1ccccn1. The van der Waals surface area contributed by atoms with E-state index in [2.05, 4.69) is 74.8 Å². The summed E-state index contributed by atoms with van der Waals surface area (Å²) in [5, 5.41) is 10.0. The maximum Gasteiger partial charge on any atom is 0.330 e. The zero-order chi connectivity index (χ0) is 22.2. The van der Waals surface area contributed by atoms with E-state index in [1.165, 1.54) is 0 Å². The van der Waals surface area contributed by atoms with E-state index in [1.54, 1.807) is 36.5 Å². The van der Waals surface area contributed by atoms with Crippen molar-refractivity contribution >= 4 is 69.7 Å². The molecular formula is C21H18Br4N2O3. The average Bonchev–Trinajstić information content (AvgIpc) is 3.23. The van der Waals surface area contributed by atoms with Crippen LogP contribution in [0.25, 0.3) is 0 Å². The number of carbonyl (C=O) groups excluding carboxylic acids is 1. The molecule has 1 aliphatic carbocycles. The van der Waals surface area contributed by atoms with Gasteiger partial charge in [0.05, 0.1) is 10.9 Å². The van der Waals surface area contributed by atoms with Gasteiger partial charge in [0.2, 0.25) is 0 Å². The van der Waals surface area contributed by atoms with Crippen molar-refractivity contribution in [3.63, 3.8) is 0 Å². The summed E-state index contributed by atoms with van der Waals surface area (Å²) < 4.78 is 11.0. The minimum absolute atomic E-state index is 0.282. The van der Waals surface area contributed by atoms with Crippen molar-refractivity contribution < 1.29 is 14.3 Å². The summed E-state index contributed by atoms with van der Waals surface area (Å²) in [5.74, 6) is -0.452. The van der Waals surface area contributed by atoms with Gasteiger partial charge in [-0.2, -0.15) is 5.26 Å². The molecule has 158 valence electrons. The molecule has 0 aliphatic heterocycles. The third-order valence-electron chi connectivity index (χ3n) is 5.41. The third kappa shape index (κ3) is 4.34. The van der Waals surface area contributed by atoms with Gasteiger partial charge in [-0.1, -0.05) is 102 Å². The Balaban J connectivity index is 1.90. The van der Waals surface area contributed by atoms with Gasteiger partial charge in [-0.3, -0.25) is 9.78 Å². The fourth-order valence-corrected chi connectivity index (χ4v) is 5.55. The summed E-state index contributed by atoms with van der Waals surface area (Å²) in [7, 11) is 0. The van der Waals surface area contributed by atoms with E-state index in [-0.39, 0.29) is 10.7 Å². The lowest BCUT2D eigenvalue weighted by atomic mass is 9.98. The number of rotatable bonds is 6. The van der Waals surface area contributed by atoms with Crippen LogP contribution in [0.15, 0.2) is 54.7 Å². The van der Waals surface area contributed by atoms with Crippen LogP contribution in [-0.4, -0.2) is 17.9 Å². The molecular weight excluding hydrogens is 648 g/mol. The monoisotopic (exact) mass is 662 g/mol. The van der Waals surface area contributed by atoms with Crippen LogP contribution in [-0.2, 0) is 9.53 Å². The molecule has 3 unspecified atom stereocenters. The predicted molar refractivity (Wildman–Crippen MR) is 128 cm³/mol. The molecule has 4 atom stereocenters. The van der Waals surface area contributed by atoms with Crippen molar-refractivity contribution in [2.75, 3.05) is 0 Å². The van der Waals surface area contributed by atoms with Crippen molar-refractivity contribution in [2.45, 2.75) is 27.1 Å². The van der Waals surface area contributed by atoms with Crippen LogP contribution >= 0.6 is 63.7 Å². The summed E-state index contributed by atoms with van der Waals surface area (Å²) in [6, 6.07) is 16.5. The first-order chi connectivity index (χ1) is 14.1. The fourth-order valence-electron chi connectivity index (χ4n) is 3.70. The first kappa shape index (κ1) is 23.7. The van der Waals surface area contributed by atoms with E-state index in [0.717, 1.165) is 0 Å². The van der Waals surface area contributed by atoms with Crippen LogP contribution in [0, 0.1) is 28.1 Å². The van der Waals surface area contributed by atoms with E-state index in [1.807, 2.05) is 32.0 Å². The van der Waals surface area contributed by atoms with Crippen LogP contribution in [0.5, 0.6) is 5.75 Å². The van der Waals surface area contributed by atoms with Crippen LogP contribution < -0.4 is 4.74 Å². The number of nitriles is 1. The quantitative estimate of drug-likeness (QED) is 0.201. The summed E-state index contributed by atoms with van der Waals surface area (Å²) in [6.45, 7) is 3.76. The smallest absolute Gasteiger partial charge is 0.330 e. The number of hydrogen-bond acceptors (Lipinski definition) is 5. The number of alkyl halides is 4. The highest BCUT2D eigenvalue weighted by Gasteiger charge is 2.80. The summed E-state index contributed by atoms with van der Waals surface area (Å²) in [5.41, 5.74) is -1.55. The van der Waals surface area contributed by atoms with E-state index < -0.39 is 25.2 Å². The normalized spacial score (nSPS) is 24.2. The Kier molecular flexibility index (Phi) is 7.03. The number of pyridine rings is 1. The maximum atomic E-state index is 13.4. The van der Waals surface area contributed by atoms with Gasteiger partial charge in [-0.05, 0) is 24.3 Å². The van der Waals surface area contributed by atoms with Crippen molar-refractivity contribution in [3.8, 4) is 11.8 Å². The van der Waals surface area contributed by atoms with Gasteiger partial charge < -0.3 is 9.47 Å². The Bertz CT molecular complexity index is 944. The molecule has 1 aliphatic rings. The largest absolute Gasteiger partial charge is 0.449 e. The number of para-hydroxylation sites is 1. The average molecular weight is 666 g/mol. The van der Waals surface area contributed by atoms with Crippen molar-refractivity contribution in [1.29, 1.82) is 5.26 Å². The number of halogens is 4. The number of benzene rings is 1. The standard InChI is InChI=1S/C21H18Br4N2O3/c1-19(2)15(16(22)21(23,24)25)20(19,12-26)18(28)30-17(14-10-6-7-11-27-14)29-13-8-4-3-5-9-13/h3-11,15-17H,1-2H3/t15?,16-,17?,20?/m0/s1. The second-order valence-corrected chi connectivity index (χ2v) is 15.4. The topological polar surface area (TPSA) is 72.2 Å². The molecule has 1 aromatic carbocycles. The van der Waals surface area contributed by atoms with Crippen molar-refractivity contribution in [3.05, 3.63) is 60.4 Å². The van der Waals surface area contributed by atoms with Crippen molar-refractivity contribution in [2.24, 2.45) is 16.7 Å². The highest BCUT2D eigenvalue weighted by Crippen LogP contribution is 2.74. The van der Waals surface area contributed by atoms with E-state index >= 15 is 0 Å². The van der Waals surface area contributed by atoms with Gasteiger partial charge in [-0.15, -0.1) is 0 Å². The number of hydrogen-bond donors (Lipinski definition) is 0. The van der Waals surface area contributed by atoms with E-state index in [4.69, 9.17) is 9.47 Å². The fraction of sp³-hybridized carbons (Fsp3) is 0.381. The molecule has 5 nitrogen and oxygen atoms in total. The second-order valence-electron chi connectivity index (χ2n) is 7.49. The lowest BCUT2D eigenvalue weighted by Crippen LogP contribution is -2.30. The van der Waals surface area contributed by atoms with Gasteiger partial charge in [0.15, 0.2) is 5.41 Å². The molecule has 0 N–H and O–H groups in total. The van der Waals surface area contributed by atoms with E-state index in [9.17, 15) is 10.1 Å². The highest BCUT2D eigenvalue weighted by molar-refractivity contribution is 9.40. The molecule has 0 spiro atoms. The summed E-state index contributed by atoms with van der Waals surface area (Å²) in [6.07, 6.45) is 0.511. The summed E-state index contributed by atoms with van der Waals surface area (Å²) >= 11 is 14.1. The molecule has 0 radical (unpaired) electrons. The number of carbonyl (C=O) groups is 1. The lowest BCUT2D eigenvalue weighted by Gasteiger charge is -2.23. The number of esters is 1. The molecule has 0 bridgehead atoms. The summed E-state index contributed by atoms with van der Waals surface area (Å²) in [4.78, 5) is 17.4. The molecule has 1 saturated carbocycles. The van der Waals surface area contributed by atoms with Gasteiger partial charge in [0, 0.05) is 17.5 Å². The van der Waals surface area contributed by atoms with Crippen LogP contribution in [0.1, 0.15) is 25.8 Å². The number of aromatic nitrogens is 1.